The van der Waals surface area contributed by atoms with E-state index in [0.29, 0.717) is 18.2 Å². The molecule has 2 aromatic rings. The zero-order valence-corrected chi connectivity index (χ0v) is 12.8. The van der Waals surface area contributed by atoms with Crippen molar-refractivity contribution in [2.45, 2.75) is 12.8 Å². The smallest absolute Gasteiger partial charge is 0.122 e. The molecule has 0 atom stereocenters. The van der Waals surface area contributed by atoms with Gasteiger partial charge in [0.25, 0.3) is 0 Å². The maximum atomic E-state index is 5.81. The van der Waals surface area contributed by atoms with Gasteiger partial charge >= 0.3 is 0 Å². The molecule has 0 aliphatic carbocycles. The zero-order valence-electron chi connectivity index (χ0n) is 12.0. The number of hydrogen-bond acceptors (Lipinski definition) is 3. The lowest BCUT2D eigenvalue weighted by Crippen LogP contribution is -2.02. The second kappa shape index (κ2) is 8.42. The summed E-state index contributed by atoms with van der Waals surface area (Å²) >= 11 is 5.81. The van der Waals surface area contributed by atoms with Gasteiger partial charge in [0, 0.05) is 11.1 Å². The van der Waals surface area contributed by atoms with Crippen molar-refractivity contribution >= 4 is 11.6 Å². The molecule has 0 fully saturated rings. The van der Waals surface area contributed by atoms with E-state index in [1.807, 2.05) is 48.5 Å². The first-order chi connectivity index (χ1) is 10.3. The van der Waals surface area contributed by atoms with Crippen LogP contribution in [-0.2, 0) is 0 Å². The van der Waals surface area contributed by atoms with Crippen molar-refractivity contribution in [2.24, 2.45) is 0 Å². The Morgan fingerprint density at radius 1 is 0.810 bits per heavy atom. The SMILES string of the molecule is COc1cccc(OCCCCOc2ccc(Cl)cc2)c1. The van der Waals surface area contributed by atoms with Crippen LogP contribution in [0.5, 0.6) is 17.2 Å². The topological polar surface area (TPSA) is 27.7 Å². The molecule has 0 bridgehead atoms. The highest BCUT2D eigenvalue weighted by molar-refractivity contribution is 6.30. The van der Waals surface area contributed by atoms with Crippen molar-refractivity contribution in [1.82, 2.24) is 0 Å². The van der Waals surface area contributed by atoms with Gasteiger partial charge in [0.15, 0.2) is 0 Å². The third-order valence-corrected chi connectivity index (χ3v) is 3.18. The Morgan fingerprint density at radius 3 is 2.10 bits per heavy atom. The zero-order chi connectivity index (χ0) is 14.9. The number of methoxy groups -OCH3 is 1. The van der Waals surface area contributed by atoms with E-state index in [9.17, 15) is 0 Å². The van der Waals surface area contributed by atoms with Crippen LogP contribution in [0.25, 0.3) is 0 Å². The minimum Gasteiger partial charge on any atom is -0.497 e. The highest BCUT2D eigenvalue weighted by Crippen LogP contribution is 2.19. The molecule has 3 nitrogen and oxygen atoms in total. The molecule has 0 heterocycles. The maximum Gasteiger partial charge on any atom is 0.122 e. The van der Waals surface area contributed by atoms with Gasteiger partial charge in [0.1, 0.15) is 17.2 Å². The summed E-state index contributed by atoms with van der Waals surface area (Å²) in [5.74, 6) is 2.47. The standard InChI is InChI=1S/C17H19ClO3/c1-19-16-5-4-6-17(13-16)21-12-3-2-11-20-15-9-7-14(18)8-10-15/h4-10,13H,2-3,11-12H2,1H3. The molecular weight excluding hydrogens is 288 g/mol. The Morgan fingerprint density at radius 2 is 1.43 bits per heavy atom. The first-order valence-corrected chi connectivity index (χ1v) is 7.31. The van der Waals surface area contributed by atoms with Gasteiger partial charge in [-0.25, -0.2) is 0 Å². The van der Waals surface area contributed by atoms with Gasteiger partial charge in [-0.3, -0.25) is 0 Å². The largest absolute Gasteiger partial charge is 0.497 e. The lowest BCUT2D eigenvalue weighted by Gasteiger charge is -2.08. The van der Waals surface area contributed by atoms with E-state index in [-0.39, 0.29) is 0 Å². The lowest BCUT2D eigenvalue weighted by atomic mass is 10.3. The Hall–Kier alpha value is -1.87. The minimum atomic E-state index is 0.664. The van der Waals surface area contributed by atoms with Crippen LogP contribution in [0.3, 0.4) is 0 Å². The average Bonchev–Trinajstić information content (AvgIpc) is 2.52. The van der Waals surface area contributed by atoms with Crippen molar-refractivity contribution in [3.63, 3.8) is 0 Å². The van der Waals surface area contributed by atoms with Crippen LogP contribution in [0.15, 0.2) is 48.5 Å². The predicted octanol–water partition coefficient (Wildman–Crippen LogP) is 4.59. The second-order valence-electron chi connectivity index (χ2n) is 4.54. The van der Waals surface area contributed by atoms with Gasteiger partial charge in [-0.15, -0.1) is 0 Å². The predicted molar refractivity (Wildman–Crippen MR) is 84.7 cm³/mol. The number of rotatable bonds is 8. The summed E-state index contributed by atoms with van der Waals surface area (Å²) in [6, 6.07) is 15.0. The highest BCUT2D eigenvalue weighted by atomic mass is 35.5. The highest BCUT2D eigenvalue weighted by Gasteiger charge is 1.98. The number of unbranched alkanes of at least 4 members (excludes halogenated alkanes) is 1. The molecule has 0 N–H and O–H groups in total. The summed E-state index contributed by atoms with van der Waals surface area (Å²) in [5, 5.41) is 0.717. The summed E-state index contributed by atoms with van der Waals surface area (Å²) in [4.78, 5) is 0. The molecule has 0 saturated carbocycles. The number of halogens is 1. The lowest BCUT2D eigenvalue weighted by molar-refractivity contribution is 0.265. The fourth-order valence-corrected chi connectivity index (χ4v) is 1.93. The maximum absolute atomic E-state index is 5.81. The molecule has 4 heteroatoms. The molecule has 0 spiro atoms. The minimum absolute atomic E-state index is 0.664. The van der Waals surface area contributed by atoms with Crippen LogP contribution >= 0.6 is 11.6 Å². The molecule has 0 aromatic heterocycles. The van der Waals surface area contributed by atoms with Crippen LogP contribution in [0, 0.1) is 0 Å². The van der Waals surface area contributed by atoms with Gasteiger partial charge in [-0.1, -0.05) is 17.7 Å². The van der Waals surface area contributed by atoms with Crippen molar-refractivity contribution in [3.05, 3.63) is 53.6 Å². The number of hydrogen-bond donors (Lipinski definition) is 0. The van der Waals surface area contributed by atoms with E-state index >= 15 is 0 Å². The second-order valence-corrected chi connectivity index (χ2v) is 4.97. The molecular formula is C17H19ClO3. The third kappa shape index (κ3) is 5.56. The van der Waals surface area contributed by atoms with Gasteiger partial charge in [-0.2, -0.15) is 0 Å². The Labute approximate surface area is 130 Å². The summed E-state index contributed by atoms with van der Waals surface area (Å²) in [7, 11) is 1.65. The Balaban J connectivity index is 1.60. The van der Waals surface area contributed by atoms with E-state index in [0.717, 1.165) is 30.1 Å². The molecule has 0 aliphatic heterocycles. The normalized spacial score (nSPS) is 10.2. The molecule has 0 saturated heterocycles. The van der Waals surface area contributed by atoms with Gasteiger partial charge in [0.05, 0.1) is 20.3 Å². The molecule has 21 heavy (non-hydrogen) atoms. The van der Waals surface area contributed by atoms with Crippen molar-refractivity contribution in [1.29, 1.82) is 0 Å². The molecule has 0 aliphatic rings. The van der Waals surface area contributed by atoms with E-state index in [1.54, 1.807) is 7.11 Å². The number of ether oxygens (including phenoxy) is 3. The van der Waals surface area contributed by atoms with Crippen molar-refractivity contribution in [2.75, 3.05) is 20.3 Å². The van der Waals surface area contributed by atoms with Crippen LogP contribution in [-0.4, -0.2) is 20.3 Å². The van der Waals surface area contributed by atoms with Crippen LogP contribution in [0.2, 0.25) is 5.02 Å². The Bertz CT molecular complexity index is 540. The van der Waals surface area contributed by atoms with Crippen LogP contribution < -0.4 is 14.2 Å². The molecule has 2 aromatic carbocycles. The summed E-state index contributed by atoms with van der Waals surface area (Å²) in [6.07, 6.45) is 1.87. The average molecular weight is 307 g/mol. The third-order valence-electron chi connectivity index (χ3n) is 2.93. The van der Waals surface area contributed by atoms with Gasteiger partial charge < -0.3 is 14.2 Å². The first-order valence-electron chi connectivity index (χ1n) is 6.93. The molecule has 0 unspecified atom stereocenters. The van der Waals surface area contributed by atoms with Gasteiger partial charge in [0.2, 0.25) is 0 Å². The summed E-state index contributed by atoms with van der Waals surface area (Å²) < 4.78 is 16.4. The molecule has 0 radical (unpaired) electrons. The monoisotopic (exact) mass is 306 g/mol. The van der Waals surface area contributed by atoms with Crippen LogP contribution in [0.1, 0.15) is 12.8 Å². The van der Waals surface area contributed by atoms with Crippen LogP contribution in [0.4, 0.5) is 0 Å². The molecule has 0 amide bonds. The van der Waals surface area contributed by atoms with Crippen molar-refractivity contribution < 1.29 is 14.2 Å². The van der Waals surface area contributed by atoms with E-state index in [1.165, 1.54) is 0 Å². The first kappa shape index (κ1) is 15.5. The van der Waals surface area contributed by atoms with Crippen molar-refractivity contribution in [3.8, 4) is 17.2 Å². The quantitative estimate of drug-likeness (QED) is 0.668. The fraction of sp³-hybridized carbons (Fsp3) is 0.294. The number of benzene rings is 2. The summed E-state index contributed by atoms with van der Waals surface area (Å²) in [5.41, 5.74) is 0. The van der Waals surface area contributed by atoms with E-state index < -0.39 is 0 Å². The fourth-order valence-electron chi connectivity index (χ4n) is 1.81. The molecule has 2 rings (SSSR count). The molecule has 112 valence electrons. The van der Waals surface area contributed by atoms with E-state index in [2.05, 4.69) is 0 Å². The summed E-state index contributed by atoms with van der Waals surface area (Å²) in [6.45, 7) is 1.33. The van der Waals surface area contributed by atoms with E-state index in [4.69, 9.17) is 25.8 Å². The Kier molecular flexibility index (Phi) is 6.22. The van der Waals surface area contributed by atoms with Gasteiger partial charge in [-0.05, 0) is 49.2 Å².